The predicted molar refractivity (Wildman–Crippen MR) is 77.5 cm³/mol. The van der Waals surface area contributed by atoms with E-state index in [1.54, 1.807) is 11.3 Å². The normalized spacial score (nSPS) is 26.8. The quantitative estimate of drug-likeness (QED) is 0.915. The molecule has 18 heavy (non-hydrogen) atoms. The molecule has 0 bridgehead atoms. The molecule has 2 aliphatic rings. The van der Waals surface area contributed by atoms with Crippen LogP contribution in [0, 0.1) is 0 Å². The van der Waals surface area contributed by atoms with Gasteiger partial charge in [0.05, 0.1) is 5.02 Å². The van der Waals surface area contributed by atoms with E-state index in [2.05, 4.69) is 20.5 Å². The van der Waals surface area contributed by atoms with Crippen LogP contribution in [0.4, 0.5) is 0 Å². The Balaban J connectivity index is 1.53. The van der Waals surface area contributed by atoms with E-state index in [4.69, 9.17) is 11.6 Å². The van der Waals surface area contributed by atoms with Crippen LogP contribution in [-0.4, -0.2) is 55.1 Å². The van der Waals surface area contributed by atoms with Crippen LogP contribution in [0.3, 0.4) is 0 Å². The van der Waals surface area contributed by atoms with E-state index in [9.17, 15) is 0 Å². The topological polar surface area (TPSA) is 18.5 Å². The van der Waals surface area contributed by atoms with Gasteiger partial charge in [0, 0.05) is 56.7 Å². The van der Waals surface area contributed by atoms with E-state index in [0.29, 0.717) is 0 Å². The number of thiophene rings is 1. The average molecular weight is 286 g/mol. The van der Waals surface area contributed by atoms with Gasteiger partial charge < -0.3 is 5.32 Å². The second-order valence-corrected chi connectivity index (χ2v) is 6.56. The lowest BCUT2D eigenvalue weighted by Crippen LogP contribution is -2.49. The molecule has 0 aliphatic carbocycles. The Hall–Kier alpha value is -0.130. The number of likely N-dealkylation sites (tertiary alicyclic amines) is 1. The van der Waals surface area contributed by atoms with Crippen LogP contribution in [0.2, 0.25) is 5.02 Å². The number of rotatable bonds is 3. The molecule has 1 unspecified atom stereocenters. The summed E-state index contributed by atoms with van der Waals surface area (Å²) >= 11 is 7.94. The monoisotopic (exact) mass is 285 g/mol. The summed E-state index contributed by atoms with van der Waals surface area (Å²) in [6.07, 6.45) is 1.31. The van der Waals surface area contributed by atoms with Gasteiger partial charge in [0.2, 0.25) is 0 Å². The SMILES string of the molecule is Clc1ccsc1CN1CCC(N2CCNCC2)C1. The molecule has 3 nitrogen and oxygen atoms in total. The lowest BCUT2D eigenvalue weighted by atomic mass is 10.2. The van der Waals surface area contributed by atoms with Crippen molar-refractivity contribution in [3.63, 3.8) is 0 Å². The first kappa shape index (κ1) is 12.9. The lowest BCUT2D eigenvalue weighted by molar-refractivity contribution is 0.170. The van der Waals surface area contributed by atoms with E-state index in [1.807, 2.05) is 6.07 Å². The lowest BCUT2D eigenvalue weighted by Gasteiger charge is -2.32. The number of hydrogen-bond acceptors (Lipinski definition) is 4. The Morgan fingerprint density at radius 1 is 1.33 bits per heavy atom. The first-order chi connectivity index (χ1) is 8.83. The fourth-order valence-electron chi connectivity index (χ4n) is 2.94. The van der Waals surface area contributed by atoms with Crippen molar-refractivity contribution in [3.05, 3.63) is 21.3 Å². The highest BCUT2D eigenvalue weighted by molar-refractivity contribution is 7.10. The summed E-state index contributed by atoms with van der Waals surface area (Å²) in [6, 6.07) is 2.76. The number of halogens is 1. The maximum atomic E-state index is 6.17. The van der Waals surface area contributed by atoms with Gasteiger partial charge in [-0.15, -0.1) is 11.3 Å². The molecule has 1 aromatic heterocycles. The van der Waals surface area contributed by atoms with Gasteiger partial charge in [-0.3, -0.25) is 9.80 Å². The van der Waals surface area contributed by atoms with Gasteiger partial charge in [-0.1, -0.05) is 11.6 Å². The molecule has 1 N–H and O–H groups in total. The third kappa shape index (κ3) is 2.89. The molecule has 0 amide bonds. The van der Waals surface area contributed by atoms with Crippen LogP contribution < -0.4 is 5.32 Å². The van der Waals surface area contributed by atoms with E-state index < -0.39 is 0 Å². The molecule has 2 saturated heterocycles. The van der Waals surface area contributed by atoms with Crippen LogP contribution in [-0.2, 0) is 6.54 Å². The second kappa shape index (κ2) is 5.88. The Bertz CT molecular complexity index is 389. The zero-order valence-corrected chi connectivity index (χ0v) is 12.1. The van der Waals surface area contributed by atoms with Crippen molar-refractivity contribution >= 4 is 22.9 Å². The maximum Gasteiger partial charge on any atom is 0.0558 e. The van der Waals surface area contributed by atoms with Crippen molar-refractivity contribution in [2.75, 3.05) is 39.3 Å². The van der Waals surface area contributed by atoms with Crippen LogP contribution in [0.15, 0.2) is 11.4 Å². The summed E-state index contributed by atoms with van der Waals surface area (Å²) in [5.41, 5.74) is 0. The van der Waals surface area contributed by atoms with Gasteiger partial charge in [-0.05, 0) is 17.9 Å². The van der Waals surface area contributed by atoms with E-state index in [1.165, 1.54) is 37.5 Å². The first-order valence-electron chi connectivity index (χ1n) is 6.72. The minimum absolute atomic E-state index is 0.755. The van der Waals surface area contributed by atoms with Crippen molar-refractivity contribution in [3.8, 4) is 0 Å². The summed E-state index contributed by atoms with van der Waals surface area (Å²) < 4.78 is 0. The van der Waals surface area contributed by atoms with Gasteiger partial charge in [-0.2, -0.15) is 0 Å². The Morgan fingerprint density at radius 2 is 2.17 bits per heavy atom. The van der Waals surface area contributed by atoms with E-state index >= 15 is 0 Å². The molecular formula is C13H20ClN3S. The summed E-state index contributed by atoms with van der Waals surface area (Å²) in [5.74, 6) is 0. The fraction of sp³-hybridized carbons (Fsp3) is 0.692. The second-order valence-electron chi connectivity index (χ2n) is 5.16. The molecule has 2 fully saturated rings. The van der Waals surface area contributed by atoms with E-state index in [0.717, 1.165) is 30.7 Å². The highest BCUT2D eigenvalue weighted by Gasteiger charge is 2.28. The van der Waals surface area contributed by atoms with Crippen LogP contribution in [0.5, 0.6) is 0 Å². The summed E-state index contributed by atoms with van der Waals surface area (Å²) in [5, 5.41) is 6.44. The van der Waals surface area contributed by atoms with E-state index in [-0.39, 0.29) is 0 Å². The minimum Gasteiger partial charge on any atom is -0.314 e. The number of nitrogens with zero attached hydrogens (tertiary/aromatic N) is 2. The molecule has 2 aliphatic heterocycles. The molecule has 3 heterocycles. The van der Waals surface area contributed by atoms with Crippen molar-refractivity contribution < 1.29 is 0 Å². The van der Waals surface area contributed by atoms with Gasteiger partial charge in [0.1, 0.15) is 0 Å². The first-order valence-corrected chi connectivity index (χ1v) is 7.97. The molecule has 0 radical (unpaired) electrons. The van der Waals surface area contributed by atoms with Crippen molar-refractivity contribution in [1.82, 2.24) is 15.1 Å². The summed E-state index contributed by atoms with van der Waals surface area (Å²) in [6.45, 7) is 8.15. The highest BCUT2D eigenvalue weighted by atomic mass is 35.5. The van der Waals surface area contributed by atoms with Gasteiger partial charge in [0.15, 0.2) is 0 Å². The predicted octanol–water partition coefficient (Wildman–Crippen LogP) is 1.88. The molecular weight excluding hydrogens is 266 g/mol. The number of nitrogens with one attached hydrogen (secondary N) is 1. The van der Waals surface area contributed by atoms with Crippen molar-refractivity contribution in [1.29, 1.82) is 0 Å². The largest absolute Gasteiger partial charge is 0.314 e. The van der Waals surface area contributed by atoms with Crippen LogP contribution in [0.1, 0.15) is 11.3 Å². The zero-order valence-electron chi connectivity index (χ0n) is 10.6. The number of hydrogen-bond donors (Lipinski definition) is 1. The molecule has 5 heteroatoms. The zero-order chi connectivity index (χ0) is 12.4. The Morgan fingerprint density at radius 3 is 2.89 bits per heavy atom. The molecule has 1 aromatic rings. The molecule has 100 valence electrons. The van der Waals surface area contributed by atoms with Crippen LogP contribution in [0.25, 0.3) is 0 Å². The molecule has 0 aromatic carbocycles. The smallest absolute Gasteiger partial charge is 0.0558 e. The number of piperazine rings is 1. The third-order valence-electron chi connectivity index (χ3n) is 3.97. The molecule has 3 rings (SSSR count). The summed E-state index contributed by atoms with van der Waals surface area (Å²) in [7, 11) is 0. The molecule has 0 saturated carbocycles. The van der Waals surface area contributed by atoms with Gasteiger partial charge in [0.25, 0.3) is 0 Å². The fourth-order valence-corrected chi connectivity index (χ4v) is 4.08. The Kier molecular flexibility index (Phi) is 4.21. The maximum absolute atomic E-state index is 6.17. The van der Waals surface area contributed by atoms with Crippen molar-refractivity contribution in [2.45, 2.75) is 19.0 Å². The van der Waals surface area contributed by atoms with Gasteiger partial charge >= 0.3 is 0 Å². The standard InChI is InChI=1S/C13H20ClN3S/c14-12-2-8-18-13(12)10-16-5-1-11(9-16)17-6-3-15-4-7-17/h2,8,11,15H,1,3-7,9-10H2. The average Bonchev–Trinajstić information content (AvgIpc) is 3.02. The highest BCUT2D eigenvalue weighted by Crippen LogP contribution is 2.26. The Labute approximate surface area is 118 Å². The third-order valence-corrected chi connectivity index (χ3v) is 5.35. The van der Waals surface area contributed by atoms with Crippen LogP contribution >= 0.6 is 22.9 Å². The molecule has 0 spiro atoms. The minimum atomic E-state index is 0.755. The summed E-state index contributed by atoms with van der Waals surface area (Å²) in [4.78, 5) is 6.51. The molecule has 1 atom stereocenters. The van der Waals surface area contributed by atoms with Gasteiger partial charge in [-0.25, -0.2) is 0 Å². The van der Waals surface area contributed by atoms with Crippen molar-refractivity contribution in [2.24, 2.45) is 0 Å².